The van der Waals surface area contributed by atoms with Crippen molar-refractivity contribution in [2.24, 2.45) is 5.41 Å². The third-order valence-corrected chi connectivity index (χ3v) is 3.05. The van der Waals surface area contributed by atoms with Gasteiger partial charge in [-0.3, -0.25) is 5.32 Å². The summed E-state index contributed by atoms with van der Waals surface area (Å²) in [5.41, 5.74) is 0.445. The zero-order valence-corrected chi connectivity index (χ0v) is 14.8. The SMILES string of the molecule is COc1ccc(NC(=O)OC(C)(C)C)c(NCC(C)(C)CO)c1. The Labute approximate surface area is 138 Å². The molecule has 0 spiro atoms. The van der Waals surface area contributed by atoms with Crippen LogP contribution < -0.4 is 15.4 Å². The van der Waals surface area contributed by atoms with E-state index in [0.29, 0.717) is 23.7 Å². The van der Waals surface area contributed by atoms with Crippen LogP contribution in [0.5, 0.6) is 5.75 Å². The van der Waals surface area contributed by atoms with E-state index >= 15 is 0 Å². The van der Waals surface area contributed by atoms with Crippen molar-refractivity contribution in [2.45, 2.75) is 40.2 Å². The molecule has 23 heavy (non-hydrogen) atoms. The third-order valence-electron chi connectivity index (χ3n) is 3.05. The Kier molecular flexibility index (Phi) is 6.27. The van der Waals surface area contributed by atoms with Gasteiger partial charge in [0.05, 0.1) is 18.5 Å². The number of aliphatic hydroxyl groups excluding tert-OH is 1. The molecule has 6 nitrogen and oxygen atoms in total. The summed E-state index contributed by atoms with van der Waals surface area (Å²) in [6.45, 7) is 9.91. The first-order valence-electron chi connectivity index (χ1n) is 7.59. The van der Waals surface area contributed by atoms with E-state index in [2.05, 4.69) is 10.6 Å². The number of aliphatic hydroxyl groups is 1. The number of amides is 1. The maximum atomic E-state index is 12.0. The van der Waals surface area contributed by atoms with E-state index in [1.54, 1.807) is 25.3 Å². The number of hydrogen-bond acceptors (Lipinski definition) is 5. The van der Waals surface area contributed by atoms with E-state index in [1.807, 2.05) is 34.6 Å². The van der Waals surface area contributed by atoms with Crippen LogP contribution in [0.25, 0.3) is 0 Å². The van der Waals surface area contributed by atoms with Crippen LogP contribution in [0.2, 0.25) is 0 Å². The molecule has 0 bridgehead atoms. The Morgan fingerprint density at radius 1 is 1.17 bits per heavy atom. The Bertz CT molecular complexity index is 536. The van der Waals surface area contributed by atoms with Crippen molar-refractivity contribution in [3.63, 3.8) is 0 Å². The molecule has 0 aliphatic heterocycles. The molecule has 1 amide bonds. The lowest BCUT2D eigenvalue weighted by Gasteiger charge is -2.24. The minimum absolute atomic E-state index is 0.0544. The van der Waals surface area contributed by atoms with Gasteiger partial charge in [0.15, 0.2) is 0 Å². The molecular weight excluding hydrogens is 296 g/mol. The van der Waals surface area contributed by atoms with Crippen LogP contribution in [0.3, 0.4) is 0 Å². The van der Waals surface area contributed by atoms with Gasteiger partial charge in [-0.2, -0.15) is 0 Å². The van der Waals surface area contributed by atoms with Gasteiger partial charge in [0.2, 0.25) is 0 Å². The highest BCUT2D eigenvalue weighted by atomic mass is 16.6. The second kappa shape index (κ2) is 7.55. The van der Waals surface area contributed by atoms with Crippen molar-refractivity contribution in [3.05, 3.63) is 18.2 Å². The lowest BCUT2D eigenvalue weighted by molar-refractivity contribution is 0.0636. The van der Waals surface area contributed by atoms with Crippen molar-refractivity contribution in [1.29, 1.82) is 0 Å². The number of ether oxygens (including phenoxy) is 2. The van der Waals surface area contributed by atoms with E-state index in [4.69, 9.17) is 9.47 Å². The lowest BCUT2D eigenvalue weighted by Crippen LogP contribution is -2.29. The summed E-state index contributed by atoms with van der Waals surface area (Å²) >= 11 is 0. The first kappa shape index (κ1) is 19.1. The molecule has 0 radical (unpaired) electrons. The van der Waals surface area contributed by atoms with E-state index in [-0.39, 0.29) is 12.0 Å². The van der Waals surface area contributed by atoms with Crippen LogP contribution in [0.1, 0.15) is 34.6 Å². The van der Waals surface area contributed by atoms with Gasteiger partial charge in [-0.1, -0.05) is 13.8 Å². The largest absolute Gasteiger partial charge is 0.497 e. The average molecular weight is 324 g/mol. The minimum atomic E-state index is -0.566. The van der Waals surface area contributed by atoms with Crippen LogP contribution in [0.15, 0.2) is 18.2 Å². The van der Waals surface area contributed by atoms with Crippen LogP contribution >= 0.6 is 0 Å². The summed E-state index contributed by atoms with van der Waals surface area (Å²) < 4.78 is 10.5. The molecule has 130 valence electrons. The molecule has 0 saturated carbocycles. The predicted octanol–water partition coefficient (Wildman–Crippen LogP) is 3.47. The van der Waals surface area contributed by atoms with Gasteiger partial charge in [0.25, 0.3) is 0 Å². The van der Waals surface area contributed by atoms with Gasteiger partial charge in [-0.05, 0) is 32.9 Å². The molecule has 1 rings (SSSR count). The number of rotatable bonds is 6. The first-order valence-corrected chi connectivity index (χ1v) is 7.59. The first-order chi connectivity index (χ1) is 10.6. The molecule has 1 aromatic rings. The zero-order chi connectivity index (χ0) is 17.7. The van der Waals surface area contributed by atoms with Gasteiger partial charge in [0, 0.05) is 24.6 Å². The van der Waals surface area contributed by atoms with Crippen LogP contribution in [-0.4, -0.2) is 37.1 Å². The Morgan fingerprint density at radius 2 is 1.83 bits per heavy atom. The zero-order valence-electron chi connectivity index (χ0n) is 14.8. The monoisotopic (exact) mass is 324 g/mol. The fourth-order valence-corrected chi connectivity index (χ4v) is 1.71. The third kappa shape index (κ3) is 6.78. The molecule has 0 saturated heterocycles. The van der Waals surface area contributed by atoms with Crippen molar-refractivity contribution in [2.75, 3.05) is 30.9 Å². The maximum absolute atomic E-state index is 12.0. The topological polar surface area (TPSA) is 79.8 Å². The average Bonchev–Trinajstić information content (AvgIpc) is 2.44. The van der Waals surface area contributed by atoms with Gasteiger partial charge in [-0.15, -0.1) is 0 Å². The number of methoxy groups -OCH3 is 1. The lowest BCUT2D eigenvalue weighted by atomic mass is 9.95. The molecule has 0 atom stereocenters. The smallest absolute Gasteiger partial charge is 0.412 e. The fourth-order valence-electron chi connectivity index (χ4n) is 1.71. The van der Waals surface area contributed by atoms with Gasteiger partial charge in [-0.25, -0.2) is 4.79 Å². The molecule has 0 aliphatic rings. The highest BCUT2D eigenvalue weighted by molar-refractivity contribution is 5.90. The number of nitrogens with one attached hydrogen (secondary N) is 2. The van der Waals surface area contributed by atoms with Gasteiger partial charge in [0.1, 0.15) is 11.4 Å². The summed E-state index contributed by atoms with van der Waals surface area (Å²) in [6, 6.07) is 5.30. The van der Waals surface area contributed by atoms with Crippen LogP contribution in [0.4, 0.5) is 16.2 Å². The summed E-state index contributed by atoms with van der Waals surface area (Å²) in [5, 5.41) is 15.3. The molecule has 0 heterocycles. The van der Waals surface area contributed by atoms with Crippen LogP contribution in [0, 0.1) is 5.41 Å². The number of carbonyl (C=O) groups is 1. The van der Waals surface area contributed by atoms with Gasteiger partial charge < -0.3 is 19.9 Å². The van der Waals surface area contributed by atoms with Crippen LogP contribution in [-0.2, 0) is 4.74 Å². The molecule has 0 fully saturated rings. The van der Waals surface area contributed by atoms with E-state index in [1.165, 1.54) is 0 Å². The number of carbonyl (C=O) groups excluding carboxylic acids is 1. The predicted molar refractivity (Wildman–Crippen MR) is 92.2 cm³/mol. The Hall–Kier alpha value is -1.95. The Morgan fingerprint density at radius 3 is 2.35 bits per heavy atom. The maximum Gasteiger partial charge on any atom is 0.412 e. The number of hydrogen-bond donors (Lipinski definition) is 3. The normalized spacial score (nSPS) is 11.8. The fraction of sp³-hybridized carbons (Fsp3) is 0.588. The van der Waals surface area contributed by atoms with Crippen molar-refractivity contribution >= 4 is 17.5 Å². The summed E-state index contributed by atoms with van der Waals surface area (Å²) in [6.07, 6.45) is -0.521. The molecule has 3 N–H and O–H groups in total. The van der Waals surface area contributed by atoms with Crippen molar-refractivity contribution < 1.29 is 19.4 Å². The number of benzene rings is 1. The molecule has 0 unspecified atom stereocenters. The van der Waals surface area contributed by atoms with E-state index in [9.17, 15) is 9.90 Å². The molecule has 1 aromatic carbocycles. The minimum Gasteiger partial charge on any atom is -0.497 e. The molecular formula is C17H28N2O4. The summed E-state index contributed by atoms with van der Waals surface area (Å²) in [7, 11) is 1.58. The van der Waals surface area contributed by atoms with Crippen molar-refractivity contribution in [3.8, 4) is 5.75 Å². The van der Waals surface area contributed by atoms with E-state index in [0.717, 1.165) is 0 Å². The second-order valence-corrected chi connectivity index (χ2v) is 7.21. The Balaban J connectivity index is 2.91. The molecule has 6 heteroatoms. The second-order valence-electron chi connectivity index (χ2n) is 7.21. The highest BCUT2D eigenvalue weighted by Gasteiger charge is 2.19. The summed E-state index contributed by atoms with van der Waals surface area (Å²) in [4.78, 5) is 12.0. The quantitative estimate of drug-likeness (QED) is 0.746. The molecule has 0 aromatic heterocycles. The van der Waals surface area contributed by atoms with Gasteiger partial charge >= 0.3 is 6.09 Å². The van der Waals surface area contributed by atoms with E-state index < -0.39 is 11.7 Å². The number of anilines is 2. The molecule has 0 aliphatic carbocycles. The highest BCUT2D eigenvalue weighted by Crippen LogP contribution is 2.29. The van der Waals surface area contributed by atoms with Crippen molar-refractivity contribution in [1.82, 2.24) is 0 Å². The summed E-state index contributed by atoms with van der Waals surface area (Å²) in [5.74, 6) is 0.670. The standard InChI is InChI=1S/C17H28N2O4/c1-16(2,3)23-15(21)19-13-8-7-12(22-6)9-14(13)18-10-17(4,5)11-20/h7-9,18,20H,10-11H2,1-6H3,(H,19,21).